The Bertz CT molecular complexity index is 1010. The largest absolute Gasteiger partial charge is 0.495 e. The molecule has 0 heterocycles. The van der Waals surface area contributed by atoms with Crippen molar-refractivity contribution >= 4 is 33.2 Å². The Kier molecular flexibility index (Phi) is 8.41. The SMILES string of the molecule is COc1cc(NS(=O)(=O)c2ccc(O[C@@H](C)C(=O)NCC(C)C)cc2)c(OC)cc1Cl. The van der Waals surface area contributed by atoms with Gasteiger partial charge in [-0.05, 0) is 37.1 Å². The second-order valence-electron chi connectivity index (χ2n) is 7.16. The molecule has 0 spiro atoms. The van der Waals surface area contributed by atoms with Crippen LogP contribution in [0.25, 0.3) is 0 Å². The first-order chi connectivity index (χ1) is 14.6. The van der Waals surface area contributed by atoms with E-state index in [2.05, 4.69) is 10.0 Å². The summed E-state index contributed by atoms with van der Waals surface area (Å²) in [6, 6.07) is 8.64. The summed E-state index contributed by atoms with van der Waals surface area (Å²) in [6.07, 6.45) is -0.717. The first-order valence-corrected chi connectivity index (χ1v) is 11.4. The van der Waals surface area contributed by atoms with Crippen molar-refractivity contribution in [3.8, 4) is 17.2 Å². The number of benzene rings is 2. The molecule has 0 aromatic heterocycles. The normalized spacial score (nSPS) is 12.2. The fourth-order valence-electron chi connectivity index (χ4n) is 2.55. The lowest BCUT2D eigenvalue weighted by atomic mass is 10.2. The molecular weight excluding hydrogens is 444 g/mol. The molecule has 0 unspecified atom stereocenters. The van der Waals surface area contributed by atoms with Crippen molar-refractivity contribution < 1.29 is 27.4 Å². The zero-order chi connectivity index (χ0) is 23.2. The van der Waals surface area contributed by atoms with Crippen LogP contribution in [0, 0.1) is 5.92 Å². The van der Waals surface area contributed by atoms with Gasteiger partial charge in [0.2, 0.25) is 0 Å². The monoisotopic (exact) mass is 470 g/mol. The van der Waals surface area contributed by atoms with Crippen molar-refractivity contribution in [2.75, 3.05) is 25.5 Å². The summed E-state index contributed by atoms with van der Waals surface area (Å²) in [6.45, 7) is 6.17. The van der Waals surface area contributed by atoms with E-state index in [4.69, 9.17) is 25.8 Å². The molecule has 0 aliphatic rings. The summed E-state index contributed by atoms with van der Waals surface area (Å²) in [5.41, 5.74) is 0.180. The van der Waals surface area contributed by atoms with Gasteiger partial charge < -0.3 is 19.5 Å². The Hall–Kier alpha value is -2.65. The lowest BCUT2D eigenvalue weighted by molar-refractivity contribution is -0.127. The molecule has 2 N–H and O–H groups in total. The number of hydrogen-bond acceptors (Lipinski definition) is 6. The number of rotatable bonds is 10. The summed E-state index contributed by atoms with van der Waals surface area (Å²) in [4.78, 5) is 12.1. The second kappa shape index (κ2) is 10.6. The van der Waals surface area contributed by atoms with Gasteiger partial charge in [0, 0.05) is 18.7 Å². The highest BCUT2D eigenvalue weighted by molar-refractivity contribution is 7.92. The Labute approximate surface area is 187 Å². The van der Waals surface area contributed by atoms with Crippen LogP contribution in [0.2, 0.25) is 5.02 Å². The highest BCUT2D eigenvalue weighted by Crippen LogP contribution is 2.37. The van der Waals surface area contributed by atoms with Gasteiger partial charge in [0.05, 0.1) is 29.8 Å². The number of hydrogen-bond donors (Lipinski definition) is 2. The van der Waals surface area contributed by atoms with E-state index in [0.29, 0.717) is 24.0 Å². The van der Waals surface area contributed by atoms with Crippen LogP contribution in [-0.4, -0.2) is 41.2 Å². The van der Waals surface area contributed by atoms with E-state index in [0.717, 1.165) is 0 Å². The fraction of sp³-hybridized carbons (Fsp3) is 0.381. The molecule has 0 bridgehead atoms. The number of sulfonamides is 1. The molecule has 31 heavy (non-hydrogen) atoms. The highest BCUT2D eigenvalue weighted by atomic mass is 35.5. The van der Waals surface area contributed by atoms with E-state index in [9.17, 15) is 13.2 Å². The van der Waals surface area contributed by atoms with Crippen LogP contribution < -0.4 is 24.2 Å². The van der Waals surface area contributed by atoms with Crippen LogP contribution >= 0.6 is 11.6 Å². The van der Waals surface area contributed by atoms with Gasteiger partial charge in [-0.1, -0.05) is 25.4 Å². The minimum Gasteiger partial charge on any atom is -0.495 e. The third-order valence-corrected chi connectivity index (χ3v) is 5.90. The molecule has 10 heteroatoms. The smallest absolute Gasteiger partial charge is 0.262 e. The number of carbonyl (C=O) groups excluding carboxylic acids is 1. The standard InChI is InChI=1S/C21H27ClN2O6S/c1-13(2)12-23-21(25)14(3)30-15-6-8-16(9-7-15)31(26,27)24-18-11-19(28-4)17(22)10-20(18)29-5/h6-11,13-14,24H,12H2,1-5H3,(H,23,25)/t14-/m0/s1. The summed E-state index contributed by atoms with van der Waals surface area (Å²) in [5.74, 6) is 1.00. The Morgan fingerprint density at radius 2 is 1.65 bits per heavy atom. The first kappa shape index (κ1) is 24.6. The van der Waals surface area contributed by atoms with E-state index in [1.807, 2.05) is 13.8 Å². The third-order valence-electron chi connectivity index (χ3n) is 4.22. The lowest BCUT2D eigenvalue weighted by Crippen LogP contribution is -2.38. The van der Waals surface area contributed by atoms with Gasteiger partial charge in [-0.25, -0.2) is 8.42 Å². The van der Waals surface area contributed by atoms with Crippen molar-refractivity contribution in [3.63, 3.8) is 0 Å². The molecule has 8 nitrogen and oxygen atoms in total. The van der Waals surface area contributed by atoms with Crippen LogP contribution in [0.5, 0.6) is 17.2 Å². The van der Waals surface area contributed by atoms with Gasteiger partial charge in [-0.2, -0.15) is 0 Å². The molecule has 2 aromatic carbocycles. The number of amides is 1. The number of anilines is 1. The van der Waals surface area contributed by atoms with Gasteiger partial charge >= 0.3 is 0 Å². The Morgan fingerprint density at radius 3 is 2.19 bits per heavy atom. The minimum absolute atomic E-state index is 0.00716. The molecule has 0 aliphatic carbocycles. The maximum absolute atomic E-state index is 12.8. The maximum Gasteiger partial charge on any atom is 0.262 e. The van der Waals surface area contributed by atoms with Gasteiger partial charge in [-0.15, -0.1) is 0 Å². The molecule has 170 valence electrons. The van der Waals surface area contributed by atoms with Crippen molar-refractivity contribution in [1.29, 1.82) is 0 Å². The summed E-state index contributed by atoms with van der Waals surface area (Å²) < 4.78 is 44.0. The topological polar surface area (TPSA) is 103 Å². The molecule has 2 rings (SSSR count). The summed E-state index contributed by atoms with van der Waals surface area (Å²) >= 11 is 6.06. The number of ether oxygens (including phenoxy) is 3. The molecule has 0 fully saturated rings. The molecule has 2 aromatic rings. The molecular formula is C21H27ClN2O6S. The van der Waals surface area contributed by atoms with Crippen LogP contribution in [0.4, 0.5) is 5.69 Å². The van der Waals surface area contributed by atoms with Crippen LogP contribution in [0.1, 0.15) is 20.8 Å². The Balaban J connectivity index is 2.14. The minimum atomic E-state index is -3.93. The van der Waals surface area contributed by atoms with Gasteiger partial charge in [0.15, 0.2) is 6.10 Å². The number of halogens is 1. The van der Waals surface area contributed by atoms with E-state index >= 15 is 0 Å². The zero-order valence-corrected chi connectivity index (χ0v) is 19.6. The molecule has 0 radical (unpaired) electrons. The highest BCUT2D eigenvalue weighted by Gasteiger charge is 2.20. The van der Waals surface area contributed by atoms with E-state index in [1.165, 1.54) is 50.6 Å². The molecule has 1 amide bonds. The van der Waals surface area contributed by atoms with E-state index in [1.54, 1.807) is 6.92 Å². The average Bonchev–Trinajstić information content (AvgIpc) is 2.72. The van der Waals surface area contributed by atoms with E-state index < -0.39 is 16.1 Å². The van der Waals surface area contributed by atoms with Gasteiger partial charge in [0.25, 0.3) is 15.9 Å². The maximum atomic E-state index is 12.8. The lowest BCUT2D eigenvalue weighted by Gasteiger charge is -2.16. The van der Waals surface area contributed by atoms with Crippen molar-refractivity contribution in [3.05, 3.63) is 41.4 Å². The van der Waals surface area contributed by atoms with Crippen LogP contribution in [-0.2, 0) is 14.8 Å². The first-order valence-electron chi connectivity index (χ1n) is 9.56. The fourth-order valence-corrected chi connectivity index (χ4v) is 3.84. The summed E-state index contributed by atoms with van der Waals surface area (Å²) in [5, 5.41) is 3.08. The van der Waals surface area contributed by atoms with Crippen LogP contribution in [0.15, 0.2) is 41.3 Å². The van der Waals surface area contributed by atoms with Crippen LogP contribution in [0.3, 0.4) is 0 Å². The molecule has 1 atom stereocenters. The third kappa shape index (κ3) is 6.67. The number of nitrogens with one attached hydrogen (secondary N) is 2. The van der Waals surface area contributed by atoms with Crippen molar-refractivity contribution in [1.82, 2.24) is 5.32 Å². The quantitative estimate of drug-likeness (QED) is 0.548. The average molecular weight is 471 g/mol. The van der Waals surface area contributed by atoms with Crippen molar-refractivity contribution in [2.45, 2.75) is 31.8 Å². The molecule has 0 aliphatic heterocycles. The van der Waals surface area contributed by atoms with E-state index in [-0.39, 0.29) is 27.3 Å². The summed E-state index contributed by atoms with van der Waals surface area (Å²) in [7, 11) is -1.10. The number of methoxy groups -OCH3 is 2. The van der Waals surface area contributed by atoms with Gasteiger partial charge in [0.1, 0.15) is 17.2 Å². The zero-order valence-electron chi connectivity index (χ0n) is 18.1. The number of carbonyl (C=O) groups is 1. The molecule has 0 saturated carbocycles. The Morgan fingerprint density at radius 1 is 1.03 bits per heavy atom. The van der Waals surface area contributed by atoms with Gasteiger partial charge in [-0.3, -0.25) is 9.52 Å². The predicted octanol–water partition coefficient (Wildman–Crippen LogP) is 3.70. The van der Waals surface area contributed by atoms with Crippen molar-refractivity contribution in [2.24, 2.45) is 5.92 Å². The predicted molar refractivity (Wildman–Crippen MR) is 120 cm³/mol. The molecule has 0 saturated heterocycles. The second-order valence-corrected chi connectivity index (χ2v) is 9.25.